The molecule has 2 heterocycles. The lowest BCUT2D eigenvalue weighted by atomic mass is 10.1. The molecule has 37 heavy (non-hydrogen) atoms. The number of likely N-dealkylation sites (tertiary alicyclic amines) is 1. The van der Waals surface area contributed by atoms with Gasteiger partial charge >= 0.3 is 0 Å². The molecule has 1 aromatic heterocycles. The standard InChI is InChI=1S/C25H38N6O5S/c1-5-8-20-22(23(24(26)32)31(4)29-20)28-25(33)19-16-18(10-11-21(19)36-15-6-2)37(34,35)27-13-12-17-9-7-14-30(17)3/h10-11,16-17,27H,5-9,12-15H2,1-4H3,(H2,26,32)(H,28,33)/i8D2. The molecule has 12 heteroatoms. The number of benzene rings is 1. The Morgan fingerprint density at radius 3 is 2.65 bits per heavy atom. The molecule has 1 aliphatic heterocycles. The molecular weight excluding hydrogens is 496 g/mol. The van der Waals surface area contributed by atoms with E-state index in [0.717, 1.165) is 24.1 Å². The maximum atomic E-state index is 13.5. The number of aromatic nitrogens is 2. The number of primary amides is 1. The SMILES string of the molecule is [2H]C([2H])(CC)c1nn(C)c(C(N)=O)c1NC(=O)c1cc(S(=O)(=O)NCCC2CCCN2C)ccc1OCCC. The summed E-state index contributed by atoms with van der Waals surface area (Å²) in [5.74, 6) is -1.56. The number of amides is 2. The van der Waals surface area contributed by atoms with Gasteiger partial charge in [-0.25, -0.2) is 13.1 Å². The van der Waals surface area contributed by atoms with Crippen LogP contribution < -0.4 is 20.5 Å². The van der Waals surface area contributed by atoms with Gasteiger partial charge in [0.25, 0.3) is 11.8 Å². The molecule has 0 bridgehead atoms. The van der Waals surface area contributed by atoms with Gasteiger partial charge in [0.05, 0.1) is 28.4 Å². The number of carbonyl (C=O) groups excluding carboxylic acids is 2. The molecule has 1 atom stereocenters. The van der Waals surface area contributed by atoms with Gasteiger partial charge in [-0.15, -0.1) is 0 Å². The predicted molar refractivity (Wildman–Crippen MR) is 141 cm³/mol. The minimum Gasteiger partial charge on any atom is -0.493 e. The average Bonchev–Trinajstić information content (AvgIpc) is 3.44. The number of ether oxygens (including phenoxy) is 1. The van der Waals surface area contributed by atoms with E-state index < -0.39 is 28.2 Å². The Bertz CT molecular complexity index is 1310. The molecule has 4 N–H and O–H groups in total. The highest BCUT2D eigenvalue weighted by molar-refractivity contribution is 7.89. The second kappa shape index (κ2) is 12.5. The van der Waals surface area contributed by atoms with Crippen LogP contribution in [0.3, 0.4) is 0 Å². The summed E-state index contributed by atoms with van der Waals surface area (Å²) in [6, 6.07) is 4.30. The molecule has 0 saturated carbocycles. The third-order valence-corrected chi connectivity index (χ3v) is 7.73. The van der Waals surface area contributed by atoms with Crippen LogP contribution >= 0.6 is 0 Å². The molecule has 0 spiro atoms. The van der Waals surface area contributed by atoms with Crippen LogP contribution in [0.4, 0.5) is 5.69 Å². The number of carbonyl (C=O) groups is 2. The second-order valence-electron chi connectivity index (χ2n) is 9.01. The van der Waals surface area contributed by atoms with Gasteiger partial charge in [0.15, 0.2) is 0 Å². The Labute approximate surface area is 221 Å². The van der Waals surface area contributed by atoms with Gasteiger partial charge in [-0.2, -0.15) is 5.10 Å². The fourth-order valence-corrected chi connectivity index (χ4v) is 5.45. The second-order valence-corrected chi connectivity index (χ2v) is 10.8. The van der Waals surface area contributed by atoms with E-state index in [4.69, 9.17) is 13.2 Å². The first-order valence-corrected chi connectivity index (χ1v) is 14.0. The highest BCUT2D eigenvalue weighted by Gasteiger charge is 2.26. The largest absolute Gasteiger partial charge is 0.493 e. The number of anilines is 1. The zero-order valence-corrected chi connectivity index (χ0v) is 22.7. The van der Waals surface area contributed by atoms with E-state index in [2.05, 4.69) is 20.0 Å². The molecule has 2 amide bonds. The molecule has 0 aliphatic carbocycles. The maximum Gasteiger partial charge on any atom is 0.269 e. The first-order chi connectivity index (χ1) is 18.3. The number of nitrogens with two attached hydrogens (primary N) is 1. The highest BCUT2D eigenvalue weighted by atomic mass is 32.2. The number of hydrogen-bond acceptors (Lipinski definition) is 7. The highest BCUT2D eigenvalue weighted by Crippen LogP contribution is 2.27. The fourth-order valence-electron chi connectivity index (χ4n) is 4.38. The van der Waals surface area contributed by atoms with Crippen molar-refractivity contribution in [1.82, 2.24) is 19.4 Å². The van der Waals surface area contributed by atoms with Crippen molar-refractivity contribution in [3.8, 4) is 5.75 Å². The number of hydrogen-bond donors (Lipinski definition) is 3. The van der Waals surface area contributed by atoms with Gasteiger partial charge in [0.1, 0.15) is 11.4 Å². The van der Waals surface area contributed by atoms with E-state index in [9.17, 15) is 18.0 Å². The van der Waals surface area contributed by atoms with E-state index >= 15 is 0 Å². The van der Waals surface area contributed by atoms with Crippen molar-refractivity contribution in [1.29, 1.82) is 0 Å². The van der Waals surface area contributed by atoms with Crippen LogP contribution in [0.25, 0.3) is 0 Å². The van der Waals surface area contributed by atoms with Gasteiger partial charge in [-0.3, -0.25) is 14.3 Å². The normalized spacial score (nSPS) is 17.4. The third-order valence-electron chi connectivity index (χ3n) is 6.27. The summed E-state index contributed by atoms with van der Waals surface area (Å²) in [6.45, 7) is 5.01. The molecule has 204 valence electrons. The molecule has 1 fully saturated rings. The number of sulfonamides is 1. The molecule has 3 rings (SSSR count). The molecule has 2 aromatic rings. The lowest BCUT2D eigenvalue weighted by molar-refractivity contribution is 0.0992. The van der Waals surface area contributed by atoms with Crippen LogP contribution in [0.1, 0.15) is 75.2 Å². The van der Waals surface area contributed by atoms with Crippen LogP contribution in [0.15, 0.2) is 23.1 Å². The lowest BCUT2D eigenvalue weighted by Gasteiger charge is -2.19. The zero-order chi connectivity index (χ0) is 29.0. The molecule has 1 unspecified atom stereocenters. The van der Waals surface area contributed by atoms with Crippen molar-refractivity contribution >= 4 is 27.5 Å². The van der Waals surface area contributed by atoms with E-state index in [1.165, 1.54) is 25.2 Å². The van der Waals surface area contributed by atoms with Crippen LogP contribution in [-0.2, 0) is 23.4 Å². The quantitative estimate of drug-likeness (QED) is 0.356. The number of aryl methyl sites for hydroxylation is 2. The molecule has 1 aromatic carbocycles. The zero-order valence-electron chi connectivity index (χ0n) is 23.8. The summed E-state index contributed by atoms with van der Waals surface area (Å²) in [6.07, 6.45) is 1.46. The number of nitrogens with one attached hydrogen (secondary N) is 2. The predicted octanol–water partition coefficient (Wildman–Crippen LogP) is 2.28. The van der Waals surface area contributed by atoms with Crippen LogP contribution in [-0.4, -0.2) is 67.7 Å². The molecular formula is C25H38N6O5S. The van der Waals surface area contributed by atoms with E-state index in [0.29, 0.717) is 18.9 Å². The number of rotatable bonds is 13. The van der Waals surface area contributed by atoms with Crippen LogP contribution in [0.2, 0.25) is 0 Å². The smallest absolute Gasteiger partial charge is 0.269 e. The Morgan fingerprint density at radius 2 is 2.03 bits per heavy atom. The van der Waals surface area contributed by atoms with Crippen LogP contribution in [0.5, 0.6) is 5.75 Å². The van der Waals surface area contributed by atoms with Crippen molar-refractivity contribution in [2.75, 3.05) is 32.1 Å². The summed E-state index contributed by atoms with van der Waals surface area (Å²) >= 11 is 0. The Balaban J connectivity index is 1.95. The molecule has 11 nitrogen and oxygen atoms in total. The Hall–Kier alpha value is -2.96. The summed E-state index contributed by atoms with van der Waals surface area (Å²) < 4.78 is 52.3. The molecule has 0 radical (unpaired) electrons. The first-order valence-electron chi connectivity index (χ1n) is 13.5. The first kappa shape index (κ1) is 25.7. The van der Waals surface area contributed by atoms with Gasteiger partial charge in [-0.05, 0) is 63.8 Å². The summed E-state index contributed by atoms with van der Waals surface area (Å²) in [7, 11) is -0.500. The van der Waals surface area contributed by atoms with Gasteiger partial charge in [0, 0.05) is 22.4 Å². The van der Waals surface area contributed by atoms with E-state index in [1.54, 1.807) is 6.92 Å². The Morgan fingerprint density at radius 1 is 1.27 bits per heavy atom. The van der Waals surface area contributed by atoms with Crippen molar-refractivity contribution in [3.63, 3.8) is 0 Å². The lowest BCUT2D eigenvalue weighted by Crippen LogP contribution is -2.32. The van der Waals surface area contributed by atoms with Gasteiger partial charge in [0.2, 0.25) is 10.0 Å². The Kier molecular flexibility index (Phi) is 8.69. The van der Waals surface area contributed by atoms with Gasteiger partial charge < -0.3 is 20.7 Å². The summed E-state index contributed by atoms with van der Waals surface area (Å²) in [5.41, 5.74) is 4.91. The van der Waals surface area contributed by atoms with Crippen molar-refractivity contribution in [3.05, 3.63) is 35.2 Å². The molecule has 1 aliphatic rings. The average molecular weight is 537 g/mol. The summed E-state index contributed by atoms with van der Waals surface area (Å²) in [5, 5.41) is 6.66. The van der Waals surface area contributed by atoms with Gasteiger partial charge in [-0.1, -0.05) is 20.3 Å². The number of nitrogens with zero attached hydrogens (tertiary/aromatic N) is 3. The van der Waals surface area contributed by atoms with Crippen molar-refractivity contribution in [2.45, 2.75) is 63.3 Å². The van der Waals surface area contributed by atoms with Crippen LogP contribution in [0, 0.1) is 0 Å². The van der Waals surface area contributed by atoms with Crippen molar-refractivity contribution in [2.24, 2.45) is 12.8 Å². The summed E-state index contributed by atoms with van der Waals surface area (Å²) in [4.78, 5) is 27.8. The fraction of sp³-hybridized carbons (Fsp3) is 0.560. The molecule has 1 saturated heterocycles. The van der Waals surface area contributed by atoms with Crippen molar-refractivity contribution < 1.29 is 25.5 Å². The van der Waals surface area contributed by atoms with E-state index in [-0.39, 0.29) is 52.9 Å². The minimum atomic E-state index is -3.94. The topological polar surface area (TPSA) is 149 Å². The maximum absolute atomic E-state index is 13.5. The minimum absolute atomic E-state index is 0.0198. The third kappa shape index (κ3) is 6.88. The van der Waals surface area contributed by atoms with E-state index in [1.807, 2.05) is 14.0 Å². The monoisotopic (exact) mass is 536 g/mol.